The molecular weight excluding hydrogens is 384 g/mol. The molecule has 0 aliphatic carbocycles. The van der Waals surface area contributed by atoms with Crippen LogP contribution in [0.25, 0.3) is 16.7 Å². The Morgan fingerprint density at radius 3 is 2.90 bits per heavy atom. The number of carbonyl (C=O) groups is 1. The molecule has 4 rings (SSSR count). The number of carbonyl (C=O) groups excluding carboxylic acids is 1. The van der Waals surface area contributed by atoms with Crippen molar-refractivity contribution in [2.45, 2.75) is 13.3 Å². The molecule has 1 fully saturated rings. The van der Waals surface area contributed by atoms with Crippen molar-refractivity contribution >= 4 is 28.4 Å². The lowest BCUT2D eigenvalue weighted by Crippen LogP contribution is -2.41. The molecule has 0 saturated carbocycles. The molecule has 1 aliphatic rings. The SMILES string of the molecule is CCCNc1nc2[nH+]c3ccccn3c(=O)c2cc1C(=O)NCCN1CCOCC1. The van der Waals surface area contributed by atoms with E-state index in [4.69, 9.17) is 4.74 Å². The largest absolute Gasteiger partial charge is 0.379 e. The Morgan fingerprint density at radius 2 is 2.10 bits per heavy atom. The van der Waals surface area contributed by atoms with Gasteiger partial charge in [-0.25, -0.2) is 9.78 Å². The van der Waals surface area contributed by atoms with Gasteiger partial charge in [-0.15, -0.1) is 0 Å². The first kappa shape index (κ1) is 20.2. The smallest absolute Gasteiger partial charge is 0.325 e. The molecule has 3 N–H and O–H groups in total. The second kappa shape index (κ2) is 9.19. The fourth-order valence-electron chi connectivity index (χ4n) is 3.54. The third kappa shape index (κ3) is 4.27. The summed E-state index contributed by atoms with van der Waals surface area (Å²) in [4.78, 5) is 35.9. The zero-order valence-electron chi connectivity index (χ0n) is 17.1. The molecule has 158 valence electrons. The van der Waals surface area contributed by atoms with Crippen molar-refractivity contribution in [2.24, 2.45) is 0 Å². The average Bonchev–Trinajstić information content (AvgIpc) is 2.78. The van der Waals surface area contributed by atoms with E-state index in [1.807, 2.05) is 19.1 Å². The number of aromatic amines is 1. The van der Waals surface area contributed by atoms with E-state index in [0.717, 1.165) is 39.3 Å². The van der Waals surface area contributed by atoms with Crippen LogP contribution in [0.5, 0.6) is 0 Å². The van der Waals surface area contributed by atoms with Gasteiger partial charge < -0.3 is 15.4 Å². The van der Waals surface area contributed by atoms with E-state index in [9.17, 15) is 9.59 Å². The molecule has 0 bridgehead atoms. The van der Waals surface area contributed by atoms with Crippen LogP contribution in [0.4, 0.5) is 5.82 Å². The van der Waals surface area contributed by atoms with Crippen LogP contribution in [0.1, 0.15) is 23.7 Å². The average molecular weight is 411 g/mol. The number of anilines is 1. The minimum atomic E-state index is -0.242. The van der Waals surface area contributed by atoms with E-state index in [1.54, 1.807) is 18.3 Å². The van der Waals surface area contributed by atoms with Gasteiger partial charge in [0.25, 0.3) is 11.6 Å². The maximum Gasteiger partial charge on any atom is 0.325 e. The van der Waals surface area contributed by atoms with Crippen molar-refractivity contribution < 1.29 is 14.5 Å². The van der Waals surface area contributed by atoms with Crippen molar-refractivity contribution in [3.8, 4) is 0 Å². The van der Waals surface area contributed by atoms with Gasteiger partial charge in [-0.05, 0) is 18.6 Å². The zero-order valence-corrected chi connectivity index (χ0v) is 17.1. The fourth-order valence-corrected chi connectivity index (χ4v) is 3.54. The molecule has 0 atom stereocenters. The molecule has 3 aromatic heterocycles. The lowest BCUT2D eigenvalue weighted by atomic mass is 10.2. The molecule has 1 aliphatic heterocycles. The van der Waals surface area contributed by atoms with Crippen LogP contribution in [-0.4, -0.2) is 66.1 Å². The van der Waals surface area contributed by atoms with Crippen LogP contribution < -0.4 is 21.2 Å². The van der Waals surface area contributed by atoms with Gasteiger partial charge in [0.2, 0.25) is 11.5 Å². The second-order valence-electron chi connectivity index (χ2n) is 7.30. The molecule has 4 heterocycles. The van der Waals surface area contributed by atoms with Gasteiger partial charge in [0, 0.05) is 38.8 Å². The predicted octanol–water partition coefficient (Wildman–Crippen LogP) is 0.546. The molecule has 1 saturated heterocycles. The number of fused-ring (bicyclic) bond motifs is 2. The van der Waals surface area contributed by atoms with Gasteiger partial charge in [-0.3, -0.25) is 9.69 Å². The predicted molar refractivity (Wildman–Crippen MR) is 114 cm³/mol. The van der Waals surface area contributed by atoms with Gasteiger partial charge in [0.1, 0.15) is 10.9 Å². The molecule has 9 heteroatoms. The first-order valence-corrected chi connectivity index (χ1v) is 10.4. The maximum absolute atomic E-state index is 12.9. The lowest BCUT2D eigenvalue weighted by Gasteiger charge is -2.26. The Morgan fingerprint density at radius 1 is 1.27 bits per heavy atom. The van der Waals surface area contributed by atoms with Crippen molar-refractivity contribution in [3.05, 3.63) is 46.4 Å². The summed E-state index contributed by atoms with van der Waals surface area (Å²) in [6.45, 7) is 7.19. The molecule has 1 amide bonds. The fraction of sp³-hybridized carbons (Fsp3) is 0.429. The van der Waals surface area contributed by atoms with E-state index in [0.29, 0.717) is 41.2 Å². The third-order valence-electron chi connectivity index (χ3n) is 5.18. The van der Waals surface area contributed by atoms with Crippen molar-refractivity contribution in [3.63, 3.8) is 0 Å². The number of amides is 1. The van der Waals surface area contributed by atoms with E-state index < -0.39 is 0 Å². The highest BCUT2D eigenvalue weighted by atomic mass is 16.5. The summed E-state index contributed by atoms with van der Waals surface area (Å²) in [6, 6.07) is 7.08. The molecule has 0 aromatic carbocycles. The Hall–Kier alpha value is -3.04. The van der Waals surface area contributed by atoms with Gasteiger partial charge in [-0.2, -0.15) is 4.40 Å². The molecule has 0 unspecified atom stereocenters. The monoisotopic (exact) mass is 411 g/mol. The van der Waals surface area contributed by atoms with E-state index in [1.165, 1.54) is 4.40 Å². The van der Waals surface area contributed by atoms with Gasteiger partial charge in [0.05, 0.1) is 19.4 Å². The summed E-state index contributed by atoms with van der Waals surface area (Å²) in [5.41, 5.74) is 1.26. The number of hydrogen-bond donors (Lipinski definition) is 2. The number of nitrogens with one attached hydrogen (secondary N) is 3. The summed E-state index contributed by atoms with van der Waals surface area (Å²) >= 11 is 0. The maximum atomic E-state index is 12.9. The third-order valence-corrected chi connectivity index (χ3v) is 5.18. The van der Waals surface area contributed by atoms with Crippen molar-refractivity contribution in [1.82, 2.24) is 19.6 Å². The highest BCUT2D eigenvalue weighted by Gasteiger charge is 2.21. The highest BCUT2D eigenvalue weighted by molar-refractivity contribution is 6.01. The topological polar surface area (TPSA) is 102 Å². The molecule has 9 nitrogen and oxygen atoms in total. The molecule has 0 radical (unpaired) electrons. The van der Waals surface area contributed by atoms with Gasteiger partial charge in [0.15, 0.2) is 0 Å². The summed E-state index contributed by atoms with van der Waals surface area (Å²) < 4.78 is 6.87. The second-order valence-corrected chi connectivity index (χ2v) is 7.30. The number of H-pyrrole nitrogens is 1. The number of aromatic nitrogens is 3. The Bertz CT molecular complexity index is 1110. The van der Waals surface area contributed by atoms with Crippen molar-refractivity contribution in [1.29, 1.82) is 0 Å². The van der Waals surface area contributed by atoms with E-state index in [-0.39, 0.29) is 11.5 Å². The minimum Gasteiger partial charge on any atom is -0.379 e. The van der Waals surface area contributed by atoms with Crippen LogP contribution in [-0.2, 0) is 4.74 Å². The van der Waals surface area contributed by atoms with Crippen LogP contribution in [0.3, 0.4) is 0 Å². The number of pyridine rings is 2. The Labute approximate surface area is 174 Å². The summed E-state index contributed by atoms with van der Waals surface area (Å²) in [5, 5.41) is 6.55. The number of rotatable bonds is 7. The lowest BCUT2D eigenvalue weighted by molar-refractivity contribution is -0.319. The van der Waals surface area contributed by atoms with E-state index >= 15 is 0 Å². The van der Waals surface area contributed by atoms with Crippen LogP contribution >= 0.6 is 0 Å². The quantitative estimate of drug-likeness (QED) is 0.551. The summed E-state index contributed by atoms with van der Waals surface area (Å²) in [5.74, 6) is 0.234. The van der Waals surface area contributed by atoms with Crippen LogP contribution in [0.15, 0.2) is 35.3 Å². The molecule has 30 heavy (non-hydrogen) atoms. The summed E-state index contributed by atoms with van der Waals surface area (Å²) in [6.07, 6.45) is 2.58. The molecule has 0 spiro atoms. The number of ether oxygens (including phenoxy) is 1. The molecular formula is C21H27N6O3+. The first-order valence-electron chi connectivity index (χ1n) is 10.4. The minimum absolute atomic E-state index is 0.212. The van der Waals surface area contributed by atoms with E-state index in [2.05, 4.69) is 25.5 Å². The highest BCUT2D eigenvalue weighted by Crippen LogP contribution is 2.17. The standard InChI is InChI=1S/C21H26N6O3/c1-2-6-22-18-15(20(28)23-7-9-26-10-12-30-13-11-26)14-16-19(25-18)24-17-5-3-4-8-27(17)21(16)29/h3-5,8,14H,2,6-7,9-13H2,1H3,(H,22,25)(H,23,28)/p+1. The first-order chi connectivity index (χ1) is 14.7. The van der Waals surface area contributed by atoms with Gasteiger partial charge >= 0.3 is 5.56 Å². The number of morpholine rings is 1. The molecule has 3 aromatic rings. The van der Waals surface area contributed by atoms with Crippen molar-refractivity contribution in [2.75, 3.05) is 51.3 Å². The van der Waals surface area contributed by atoms with Crippen LogP contribution in [0.2, 0.25) is 0 Å². The summed E-state index contributed by atoms with van der Waals surface area (Å²) in [7, 11) is 0. The number of nitrogens with zero attached hydrogens (tertiary/aromatic N) is 3. The Balaban J connectivity index is 1.63. The Kier molecular flexibility index (Phi) is 6.20. The van der Waals surface area contributed by atoms with Gasteiger partial charge in [-0.1, -0.05) is 18.0 Å². The normalized spacial score (nSPS) is 14.8. The number of hydrogen-bond acceptors (Lipinski definition) is 6. The zero-order chi connectivity index (χ0) is 20.9. The van der Waals surface area contributed by atoms with Crippen LogP contribution in [0, 0.1) is 0 Å².